The maximum atomic E-state index is 12.6. The highest BCUT2D eigenvalue weighted by molar-refractivity contribution is 5.96. The number of aryl methyl sites for hydroxylation is 1. The molecule has 0 saturated heterocycles. The van der Waals surface area contributed by atoms with Crippen LogP contribution in [0.2, 0.25) is 0 Å². The van der Waals surface area contributed by atoms with E-state index in [-0.39, 0.29) is 17.7 Å². The summed E-state index contributed by atoms with van der Waals surface area (Å²) < 4.78 is 5.14. The van der Waals surface area contributed by atoms with Gasteiger partial charge in [0.2, 0.25) is 5.91 Å². The van der Waals surface area contributed by atoms with Gasteiger partial charge in [0, 0.05) is 17.6 Å². The quantitative estimate of drug-likeness (QED) is 0.846. The van der Waals surface area contributed by atoms with Crippen molar-refractivity contribution < 1.29 is 19.4 Å². The van der Waals surface area contributed by atoms with Crippen LogP contribution in [-0.2, 0) is 9.59 Å². The molecular formula is C17H18NO4-. The van der Waals surface area contributed by atoms with Gasteiger partial charge in [0.25, 0.3) is 0 Å². The smallest absolute Gasteiger partial charge is 0.228 e. The molecule has 1 aromatic carbocycles. The molecule has 2 aliphatic rings. The summed E-state index contributed by atoms with van der Waals surface area (Å²) in [5.74, 6) is -2.04. The molecule has 22 heavy (non-hydrogen) atoms. The molecular weight excluding hydrogens is 282 g/mol. The van der Waals surface area contributed by atoms with Gasteiger partial charge in [0.05, 0.1) is 13.0 Å². The second-order valence-corrected chi connectivity index (χ2v) is 5.99. The zero-order chi connectivity index (χ0) is 15.9. The monoisotopic (exact) mass is 300 g/mol. The van der Waals surface area contributed by atoms with Crippen LogP contribution in [0.5, 0.6) is 5.75 Å². The first-order valence-electron chi connectivity index (χ1n) is 7.36. The molecule has 0 unspecified atom stereocenters. The van der Waals surface area contributed by atoms with Crippen LogP contribution in [0.15, 0.2) is 30.4 Å². The Kier molecular flexibility index (Phi) is 3.64. The van der Waals surface area contributed by atoms with Crippen LogP contribution in [-0.4, -0.2) is 19.0 Å². The molecule has 5 heteroatoms. The van der Waals surface area contributed by atoms with Gasteiger partial charge in [-0.25, -0.2) is 0 Å². The number of rotatable bonds is 4. The van der Waals surface area contributed by atoms with E-state index in [0.717, 1.165) is 12.0 Å². The number of carboxylic acids is 1. The first kappa shape index (κ1) is 14.6. The number of aliphatic carboxylic acids is 1. The van der Waals surface area contributed by atoms with Gasteiger partial charge in [-0.3, -0.25) is 4.79 Å². The third-order valence-corrected chi connectivity index (χ3v) is 4.73. The zero-order valence-electron chi connectivity index (χ0n) is 12.5. The lowest BCUT2D eigenvalue weighted by atomic mass is 9.82. The number of nitrogens with one attached hydrogen (secondary N) is 1. The van der Waals surface area contributed by atoms with Gasteiger partial charge < -0.3 is 20.0 Å². The van der Waals surface area contributed by atoms with Crippen LogP contribution in [0.25, 0.3) is 0 Å². The summed E-state index contributed by atoms with van der Waals surface area (Å²) in [6, 6.07) is 5.36. The molecule has 1 fully saturated rings. The summed E-state index contributed by atoms with van der Waals surface area (Å²) in [6.07, 6.45) is 4.57. The molecule has 1 N–H and O–H groups in total. The SMILES string of the molecule is COc1ccc(NC(=O)[C@H]2[C@@H](C(=O)[O-])[C@H]3C=C[C@@H]2C3)c(C)c1. The number of hydrogen-bond acceptors (Lipinski definition) is 4. The molecule has 1 aromatic rings. The molecule has 2 bridgehead atoms. The Bertz CT molecular complexity index is 652. The van der Waals surface area contributed by atoms with Gasteiger partial charge in [0.1, 0.15) is 5.75 Å². The van der Waals surface area contributed by atoms with E-state index < -0.39 is 17.8 Å². The fraction of sp³-hybridized carbons (Fsp3) is 0.412. The van der Waals surface area contributed by atoms with E-state index in [2.05, 4.69) is 5.32 Å². The van der Waals surface area contributed by atoms with Gasteiger partial charge in [-0.2, -0.15) is 0 Å². The van der Waals surface area contributed by atoms with Crippen LogP contribution in [0.4, 0.5) is 5.69 Å². The zero-order valence-corrected chi connectivity index (χ0v) is 12.5. The second-order valence-electron chi connectivity index (χ2n) is 5.99. The normalized spacial score (nSPS) is 28.6. The van der Waals surface area contributed by atoms with E-state index in [1.54, 1.807) is 19.2 Å². The Morgan fingerprint density at radius 1 is 1.23 bits per heavy atom. The number of carbonyl (C=O) groups excluding carboxylic acids is 2. The molecule has 0 aliphatic heterocycles. The van der Waals surface area contributed by atoms with Gasteiger partial charge >= 0.3 is 0 Å². The molecule has 1 saturated carbocycles. The Balaban J connectivity index is 1.80. The summed E-state index contributed by atoms with van der Waals surface area (Å²) >= 11 is 0. The number of methoxy groups -OCH3 is 1. The predicted molar refractivity (Wildman–Crippen MR) is 79.1 cm³/mol. The van der Waals surface area contributed by atoms with E-state index in [0.29, 0.717) is 11.4 Å². The largest absolute Gasteiger partial charge is 0.550 e. The lowest BCUT2D eigenvalue weighted by Gasteiger charge is -2.28. The Morgan fingerprint density at radius 2 is 1.91 bits per heavy atom. The number of benzene rings is 1. The number of fused-ring (bicyclic) bond motifs is 2. The van der Waals surface area contributed by atoms with Crippen LogP contribution in [0, 0.1) is 30.6 Å². The highest BCUT2D eigenvalue weighted by atomic mass is 16.5. The van der Waals surface area contributed by atoms with Crippen molar-refractivity contribution in [1.82, 2.24) is 0 Å². The summed E-state index contributed by atoms with van der Waals surface area (Å²) in [7, 11) is 1.58. The number of allylic oxidation sites excluding steroid dienone is 2. The number of ether oxygens (including phenoxy) is 1. The highest BCUT2D eigenvalue weighted by Crippen LogP contribution is 2.48. The van der Waals surface area contributed by atoms with E-state index >= 15 is 0 Å². The van der Waals surface area contributed by atoms with Crippen molar-refractivity contribution in [2.24, 2.45) is 23.7 Å². The van der Waals surface area contributed by atoms with Gasteiger partial charge in [-0.15, -0.1) is 0 Å². The minimum Gasteiger partial charge on any atom is -0.550 e. The van der Waals surface area contributed by atoms with Gasteiger partial charge in [0.15, 0.2) is 0 Å². The third kappa shape index (κ3) is 2.36. The first-order valence-corrected chi connectivity index (χ1v) is 7.36. The van der Waals surface area contributed by atoms with Gasteiger partial charge in [-0.05, 0) is 48.9 Å². The topological polar surface area (TPSA) is 78.5 Å². The molecule has 1 amide bonds. The van der Waals surface area contributed by atoms with Crippen LogP contribution < -0.4 is 15.2 Å². The number of carboxylic acid groups (broad SMARTS) is 1. The van der Waals surface area contributed by atoms with Crippen molar-refractivity contribution in [3.63, 3.8) is 0 Å². The first-order chi connectivity index (χ1) is 10.5. The summed E-state index contributed by atoms with van der Waals surface area (Å²) in [4.78, 5) is 23.9. The molecule has 0 aromatic heterocycles. The maximum Gasteiger partial charge on any atom is 0.228 e. The third-order valence-electron chi connectivity index (χ3n) is 4.73. The van der Waals surface area contributed by atoms with Gasteiger partial charge in [-0.1, -0.05) is 12.2 Å². The fourth-order valence-corrected chi connectivity index (χ4v) is 3.62. The second kappa shape index (κ2) is 5.48. The van der Waals surface area contributed by atoms with E-state index in [1.807, 2.05) is 25.1 Å². The molecule has 0 spiro atoms. The van der Waals surface area contributed by atoms with Crippen molar-refractivity contribution in [2.75, 3.05) is 12.4 Å². The molecule has 5 nitrogen and oxygen atoms in total. The fourth-order valence-electron chi connectivity index (χ4n) is 3.62. The summed E-state index contributed by atoms with van der Waals surface area (Å²) in [6.45, 7) is 1.87. The van der Waals surface area contributed by atoms with Crippen LogP contribution in [0.3, 0.4) is 0 Å². The van der Waals surface area contributed by atoms with Crippen molar-refractivity contribution >= 4 is 17.6 Å². The lowest BCUT2D eigenvalue weighted by Crippen LogP contribution is -2.42. The average Bonchev–Trinajstić information content (AvgIpc) is 3.09. The lowest BCUT2D eigenvalue weighted by molar-refractivity contribution is -0.313. The number of amides is 1. The molecule has 116 valence electrons. The van der Waals surface area contributed by atoms with Crippen molar-refractivity contribution in [3.05, 3.63) is 35.9 Å². The molecule has 3 rings (SSSR count). The molecule has 4 atom stereocenters. The van der Waals surface area contributed by atoms with Crippen LogP contribution in [0.1, 0.15) is 12.0 Å². The van der Waals surface area contributed by atoms with Crippen LogP contribution >= 0.6 is 0 Å². The highest BCUT2D eigenvalue weighted by Gasteiger charge is 2.48. The Hall–Kier alpha value is -2.30. The molecule has 2 aliphatic carbocycles. The maximum absolute atomic E-state index is 12.6. The minimum atomic E-state index is -1.14. The number of hydrogen-bond donors (Lipinski definition) is 1. The minimum absolute atomic E-state index is 0.00791. The summed E-state index contributed by atoms with van der Waals surface area (Å²) in [5, 5.41) is 14.2. The standard InChI is InChI=1S/C17H19NO4/c1-9-7-12(22-2)5-6-13(9)18-16(19)14-10-3-4-11(8-10)15(14)17(20)21/h3-7,10-11,14-15H,8H2,1-2H3,(H,18,19)(H,20,21)/p-1/t10-,11+,14-,15+/m1/s1. The van der Waals surface area contributed by atoms with E-state index in [9.17, 15) is 14.7 Å². The number of carbonyl (C=O) groups is 2. The van der Waals surface area contributed by atoms with E-state index in [4.69, 9.17) is 4.74 Å². The molecule has 0 heterocycles. The summed E-state index contributed by atoms with van der Waals surface area (Å²) in [5.41, 5.74) is 1.55. The van der Waals surface area contributed by atoms with Crippen molar-refractivity contribution in [3.8, 4) is 5.75 Å². The number of anilines is 1. The van der Waals surface area contributed by atoms with E-state index in [1.165, 1.54) is 0 Å². The Morgan fingerprint density at radius 3 is 2.50 bits per heavy atom. The predicted octanol–water partition coefficient (Wildman–Crippen LogP) is 1.13. The van der Waals surface area contributed by atoms with Crippen molar-refractivity contribution in [2.45, 2.75) is 13.3 Å². The average molecular weight is 300 g/mol. The molecule has 0 radical (unpaired) electrons. The Labute approximate surface area is 129 Å². The van der Waals surface area contributed by atoms with Crippen molar-refractivity contribution in [1.29, 1.82) is 0 Å².